The summed E-state index contributed by atoms with van der Waals surface area (Å²) in [5.41, 5.74) is -1.87. The molecule has 2 saturated heterocycles. The molecule has 0 spiro atoms. The highest BCUT2D eigenvalue weighted by Crippen LogP contribution is 2.52. The Bertz CT molecular complexity index is 947. The number of rotatable bonds is 3. The fourth-order valence-electron chi connectivity index (χ4n) is 4.77. The third-order valence-corrected chi connectivity index (χ3v) is 7.80. The number of aliphatic hydroxyl groups is 1. The van der Waals surface area contributed by atoms with Crippen LogP contribution in [0, 0.1) is 34.8 Å². The van der Waals surface area contributed by atoms with Gasteiger partial charge < -0.3 is 9.84 Å². The van der Waals surface area contributed by atoms with Crippen LogP contribution in [0.25, 0.3) is 0 Å². The zero-order valence-corrected chi connectivity index (χ0v) is 15.6. The molecule has 0 bridgehead atoms. The number of amides is 1. The van der Waals surface area contributed by atoms with E-state index in [1.807, 2.05) is 6.07 Å². The van der Waals surface area contributed by atoms with Gasteiger partial charge >= 0.3 is 6.09 Å². The molecule has 150 valence electrons. The first-order chi connectivity index (χ1) is 13.2. The number of cyclic esters (lactones) is 1. The second-order valence-corrected chi connectivity index (χ2v) is 9.94. The first kappa shape index (κ1) is 19.1. The molecule has 1 saturated carbocycles. The van der Waals surface area contributed by atoms with Gasteiger partial charge in [0.1, 0.15) is 17.7 Å². The Morgan fingerprint density at radius 3 is 2.29 bits per heavy atom. The maximum Gasteiger partial charge on any atom is 0.414 e. The number of carbonyl (C=O) groups is 1. The number of aliphatic hydroxyl groups excluding tert-OH is 1. The van der Waals surface area contributed by atoms with Crippen molar-refractivity contribution in [3.63, 3.8) is 0 Å². The topological polar surface area (TPSA) is 108 Å². The molecule has 1 N–H and O–H groups in total. The Hall–Kier alpha value is -2.25. The SMILES string of the molecule is N#CC1(c2c(F)cc(N3C[C@H](CO)OC3=O)cc2F)CC2CS(=O)(=O)CC2C1. The van der Waals surface area contributed by atoms with Gasteiger partial charge in [-0.25, -0.2) is 22.0 Å². The molecule has 3 atom stereocenters. The van der Waals surface area contributed by atoms with Gasteiger partial charge in [-0.2, -0.15) is 5.26 Å². The highest BCUT2D eigenvalue weighted by molar-refractivity contribution is 7.91. The molecule has 1 aliphatic carbocycles. The van der Waals surface area contributed by atoms with E-state index in [9.17, 15) is 27.3 Å². The van der Waals surface area contributed by atoms with Crippen molar-refractivity contribution in [3.8, 4) is 6.07 Å². The molecule has 10 heteroatoms. The van der Waals surface area contributed by atoms with Crippen LogP contribution in [0.3, 0.4) is 0 Å². The van der Waals surface area contributed by atoms with Gasteiger partial charge in [-0.05, 0) is 36.8 Å². The van der Waals surface area contributed by atoms with E-state index in [-0.39, 0.29) is 54.0 Å². The van der Waals surface area contributed by atoms with Crippen LogP contribution in [0.1, 0.15) is 18.4 Å². The summed E-state index contributed by atoms with van der Waals surface area (Å²) >= 11 is 0. The van der Waals surface area contributed by atoms with Gasteiger partial charge in [0.15, 0.2) is 9.84 Å². The fraction of sp³-hybridized carbons (Fsp3) is 0.556. The quantitative estimate of drug-likeness (QED) is 0.806. The van der Waals surface area contributed by atoms with Crippen LogP contribution in [0.4, 0.5) is 19.3 Å². The van der Waals surface area contributed by atoms with Crippen molar-refractivity contribution in [2.24, 2.45) is 11.8 Å². The van der Waals surface area contributed by atoms with Gasteiger partial charge in [-0.15, -0.1) is 0 Å². The van der Waals surface area contributed by atoms with E-state index in [2.05, 4.69) is 0 Å². The lowest BCUT2D eigenvalue weighted by molar-refractivity contribution is 0.0963. The van der Waals surface area contributed by atoms with Gasteiger partial charge in [-0.1, -0.05) is 0 Å². The van der Waals surface area contributed by atoms with Crippen molar-refractivity contribution in [1.29, 1.82) is 5.26 Å². The first-order valence-electron chi connectivity index (χ1n) is 8.88. The summed E-state index contributed by atoms with van der Waals surface area (Å²) in [5, 5.41) is 18.8. The highest BCUT2D eigenvalue weighted by Gasteiger charge is 2.54. The van der Waals surface area contributed by atoms with Crippen LogP contribution >= 0.6 is 0 Å². The van der Waals surface area contributed by atoms with Crippen LogP contribution in [0.5, 0.6) is 0 Å². The molecule has 3 aliphatic rings. The van der Waals surface area contributed by atoms with Crippen molar-refractivity contribution >= 4 is 21.6 Å². The van der Waals surface area contributed by atoms with E-state index in [0.717, 1.165) is 17.0 Å². The molecule has 0 radical (unpaired) electrons. The van der Waals surface area contributed by atoms with Gasteiger partial charge in [-0.3, -0.25) is 4.90 Å². The average Bonchev–Trinajstić information content (AvgIpc) is 3.22. The van der Waals surface area contributed by atoms with Crippen molar-refractivity contribution in [2.45, 2.75) is 24.4 Å². The van der Waals surface area contributed by atoms with E-state index in [0.29, 0.717) is 0 Å². The fourth-order valence-corrected chi connectivity index (χ4v) is 6.99. The van der Waals surface area contributed by atoms with Gasteiger partial charge in [0.05, 0.1) is 41.8 Å². The minimum absolute atomic E-state index is 0.0427. The van der Waals surface area contributed by atoms with Gasteiger partial charge in [0.25, 0.3) is 0 Å². The summed E-state index contributed by atoms with van der Waals surface area (Å²) < 4.78 is 58.3. The third kappa shape index (κ3) is 2.93. The molecule has 1 aromatic rings. The molecular formula is C18H18F2N2O5S. The molecule has 1 amide bonds. The van der Waals surface area contributed by atoms with Crippen molar-refractivity contribution < 1.29 is 31.8 Å². The van der Waals surface area contributed by atoms with Crippen molar-refractivity contribution in [1.82, 2.24) is 0 Å². The molecule has 2 aliphatic heterocycles. The molecule has 1 aromatic carbocycles. The van der Waals surface area contributed by atoms with Crippen LogP contribution < -0.4 is 4.90 Å². The lowest BCUT2D eigenvalue weighted by atomic mass is 9.78. The van der Waals surface area contributed by atoms with Crippen molar-refractivity contribution in [2.75, 3.05) is 29.6 Å². The Kier molecular flexibility index (Phi) is 4.35. The summed E-state index contributed by atoms with van der Waals surface area (Å²) in [6.07, 6.45) is -1.43. The number of carbonyl (C=O) groups excluding carboxylic acids is 1. The van der Waals surface area contributed by atoms with Crippen LogP contribution in [-0.4, -0.2) is 50.4 Å². The Morgan fingerprint density at radius 1 is 1.25 bits per heavy atom. The predicted molar refractivity (Wildman–Crippen MR) is 93.2 cm³/mol. The zero-order valence-electron chi connectivity index (χ0n) is 14.8. The maximum absolute atomic E-state index is 14.9. The Labute approximate surface area is 160 Å². The largest absolute Gasteiger partial charge is 0.441 e. The molecule has 4 rings (SSSR count). The monoisotopic (exact) mass is 412 g/mol. The van der Waals surface area contributed by atoms with E-state index in [1.165, 1.54) is 0 Å². The smallest absolute Gasteiger partial charge is 0.414 e. The number of anilines is 1. The van der Waals surface area contributed by atoms with Crippen molar-refractivity contribution in [3.05, 3.63) is 29.3 Å². The average molecular weight is 412 g/mol. The number of halogens is 2. The standard InChI is InChI=1S/C18H18F2N2O5S/c19-14-1-12(22-5-13(6-23)27-17(22)24)2-15(20)16(14)18(9-21)3-10-7-28(25,26)8-11(10)4-18/h1-2,10-11,13,23H,3-8H2/t10?,11?,13-,18?/m1/s1. The van der Waals surface area contributed by atoms with E-state index >= 15 is 0 Å². The maximum atomic E-state index is 14.9. The van der Waals surface area contributed by atoms with Crippen LogP contribution in [0.15, 0.2) is 12.1 Å². The Balaban J connectivity index is 1.68. The number of benzene rings is 1. The molecule has 7 nitrogen and oxygen atoms in total. The lowest BCUT2D eigenvalue weighted by Gasteiger charge is -2.25. The first-order valence-corrected chi connectivity index (χ1v) is 10.7. The molecule has 2 heterocycles. The number of nitriles is 1. The normalized spacial score (nSPS) is 33.6. The molecule has 3 fully saturated rings. The molecule has 0 aromatic heterocycles. The van der Waals surface area contributed by atoms with E-state index < -0.39 is 45.7 Å². The minimum Gasteiger partial charge on any atom is -0.441 e. The Morgan fingerprint density at radius 2 is 1.82 bits per heavy atom. The van der Waals surface area contributed by atoms with Crippen LogP contribution in [0.2, 0.25) is 0 Å². The van der Waals surface area contributed by atoms with Crippen LogP contribution in [-0.2, 0) is 20.0 Å². The second kappa shape index (κ2) is 6.39. The number of hydrogen-bond acceptors (Lipinski definition) is 6. The predicted octanol–water partition coefficient (Wildman–Crippen LogP) is 1.50. The number of ether oxygens (including phenoxy) is 1. The summed E-state index contributed by atoms with van der Waals surface area (Å²) in [5.74, 6) is -2.63. The van der Waals surface area contributed by atoms with E-state index in [4.69, 9.17) is 9.84 Å². The minimum atomic E-state index is -3.17. The number of sulfone groups is 1. The molecule has 2 unspecified atom stereocenters. The molecular weight excluding hydrogens is 394 g/mol. The summed E-state index contributed by atoms with van der Waals surface area (Å²) in [6, 6.07) is 3.98. The summed E-state index contributed by atoms with van der Waals surface area (Å²) in [7, 11) is -3.17. The molecule has 28 heavy (non-hydrogen) atoms. The zero-order chi connectivity index (χ0) is 20.3. The highest BCUT2D eigenvalue weighted by atomic mass is 32.2. The third-order valence-electron chi connectivity index (χ3n) is 5.93. The lowest BCUT2D eigenvalue weighted by Crippen LogP contribution is -2.28. The number of hydrogen-bond donors (Lipinski definition) is 1. The summed E-state index contributed by atoms with van der Waals surface area (Å²) in [4.78, 5) is 12.9. The second-order valence-electron chi connectivity index (χ2n) is 7.78. The number of fused-ring (bicyclic) bond motifs is 1. The summed E-state index contributed by atoms with van der Waals surface area (Å²) in [6.45, 7) is -0.451. The van der Waals surface area contributed by atoms with E-state index in [1.54, 1.807) is 0 Å². The number of nitrogens with zero attached hydrogens (tertiary/aromatic N) is 2. The van der Waals surface area contributed by atoms with Gasteiger partial charge in [0.2, 0.25) is 0 Å². The van der Waals surface area contributed by atoms with Gasteiger partial charge in [0, 0.05) is 5.56 Å².